The zero-order chi connectivity index (χ0) is 17.6. The quantitative estimate of drug-likeness (QED) is 0.734. The fourth-order valence-corrected chi connectivity index (χ4v) is 3.54. The molecule has 0 bridgehead atoms. The normalized spacial score (nSPS) is 21.6. The van der Waals surface area contributed by atoms with E-state index >= 15 is 0 Å². The van der Waals surface area contributed by atoms with Crippen molar-refractivity contribution in [3.8, 4) is 0 Å². The summed E-state index contributed by atoms with van der Waals surface area (Å²) in [5.74, 6) is 2.66. The summed E-state index contributed by atoms with van der Waals surface area (Å²) in [7, 11) is 0. The molecule has 3 aliphatic rings. The van der Waals surface area contributed by atoms with E-state index < -0.39 is 0 Å². The lowest BCUT2D eigenvalue weighted by molar-refractivity contribution is 0.0741. The molecule has 0 radical (unpaired) electrons. The van der Waals surface area contributed by atoms with Crippen molar-refractivity contribution in [2.75, 3.05) is 31.6 Å². The fraction of sp³-hybridized carbons (Fsp3) is 0.500. The van der Waals surface area contributed by atoms with Gasteiger partial charge in [-0.25, -0.2) is 9.97 Å². The molecule has 0 aromatic carbocycles. The Kier molecular flexibility index (Phi) is 5.50. The van der Waals surface area contributed by atoms with Crippen LogP contribution in [0.3, 0.4) is 0 Å². The Morgan fingerprint density at radius 2 is 2.00 bits per heavy atom. The van der Waals surface area contributed by atoms with E-state index in [2.05, 4.69) is 32.8 Å². The lowest BCUT2D eigenvalue weighted by Crippen LogP contribution is -2.34. The van der Waals surface area contributed by atoms with Crippen LogP contribution in [0.25, 0.3) is 0 Å². The van der Waals surface area contributed by atoms with Gasteiger partial charge in [-0.15, -0.1) is 0 Å². The van der Waals surface area contributed by atoms with Crippen LogP contribution < -0.4 is 10.6 Å². The van der Waals surface area contributed by atoms with Gasteiger partial charge in [-0.3, -0.25) is 0 Å². The van der Waals surface area contributed by atoms with Gasteiger partial charge in [0.2, 0.25) is 5.95 Å². The SMILES string of the molecule is C1=C2CC=C3CCC(CNCCCNc4ncccn4)OC3=C2OCC1. The summed E-state index contributed by atoms with van der Waals surface area (Å²) in [5, 5.41) is 6.73. The summed E-state index contributed by atoms with van der Waals surface area (Å²) in [6.07, 6.45) is 13.4. The number of ether oxygens (including phenoxy) is 2. The van der Waals surface area contributed by atoms with Gasteiger partial charge < -0.3 is 20.1 Å². The van der Waals surface area contributed by atoms with Crippen molar-refractivity contribution in [2.24, 2.45) is 0 Å². The number of allylic oxidation sites excluding steroid dienone is 3. The molecule has 1 unspecified atom stereocenters. The number of anilines is 1. The smallest absolute Gasteiger partial charge is 0.222 e. The molecule has 4 rings (SSSR count). The van der Waals surface area contributed by atoms with Crippen LogP contribution in [0.1, 0.15) is 32.1 Å². The number of hydrogen-bond donors (Lipinski definition) is 2. The van der Waals surface area contributed by atoms with Gasteiger partial charge in [0.25, 0.3) is 0 Å². The van der Waals surface area contributed by atoms with E-state index in [1.807, 2.05) is 6.07 Å². The monoisotopic (exact) mass is 354 g/mol. The maximum absolute atomic E-state index is 6.28. The molecule has 26 heavy (non-hydrogen) atoms. The van der Waals surface area contributed by atoms with Crippen molar-refractivity contribution >= 4 is 5.95 Å². The molecular formula is C20H26N4O2. The highest BCUT2D eigenvalue weighted by Gasteiger charge is 2.30. The molecule has 2 N–H and O–H groups in total. The molecule has 0 amide bonds. The summed E-state index contributed by atoms with van der Waals surface area (Å²) >= 11 is 0. The molecule has 0 saturated carbocycles. The van der Waals surface area contributed by atoms with Crippen LogP contribution in [0.4, 0.5) is 5.95 Å². The van der Waals surface area contributed by atoms with Crippen LogP contribution in [-0.4, -0.2) is 42.3 Å². The van der Waals surface area contributed by atoms with Crippen LogP contribution in [0.5, 0.6) is 0 Å². The van der Waals surface area contributed by atoms with Gasteiger partial charge in [-0.1, -0.05) is 12.2 Å². The number of nitrogens with zero attached hydrogens (tertiary/aromatic N) is 2. The van der Waals surface area contributed by atoms with E-state index in [9.17, 15) is 0 Å². The molecule has 1 atom stereocenters. The molecule has 6 heteroatoms. The highest BCUT2D eigenvalue weighted by Crippen LogP contribution is 2.39. The molecule has 1 aromatic rings. The Morgan fingerprint density at radius 3 is 2.92 bits per heavy atom. The second-order valence-electron chi connectivity index (χ2n) is 6.79. The molecule has 3 heterocycles. The summed E-state index contributed by atoms with van der Waals surface area (Å²) in [4.78, 5) is 8.30. The molecule has 1 saturated heterocycles. The zero-order valence-electron chi connectivity index (χ0n) is 15.0. The van der Waals surface area contributed by atoms with Crippen molar-refractivity contribution < 1.29 is 9.47 Å². The highest BCUT2D eigenvalue weighted by molar-refractivity contribution is 5.46. The molecule has 6 nitrogen and oxygen atoms in total. The van der Waals surface area contributed by atoms with E-state index in [1.54, 1.807) is 12.4 Å². The van der Waals surface area contributed by atoms with Crippen LogP contribution in [0.2, 0.25) is 0 Å². The molecule has 1 aliphatic carbocycles. The van der Waals surface area contributed by atoms with E-state index in [0.717, 1.165) is 69.9 Å². The van der Waals surface area contributed by atoms with Crippen LogP contribution in [0.15, 0.2) is 53.3 Å². The first kappa shape index (κ1) is 17.1. The lowest BCUT2D eigenvalue weighted by atomic mass is 9.91. The first-order valence-electron chi connectivity index (χ1n) is 9.54. The van der Waals surface area contributed by atoms with Crippen LogP contribution in [0, 0.1) is 0 Å². The molecule has 2 aliphatic heterocycles. The first-order valence-corrected chi connectivity index (χ1v) is 9.54. The second kappa shape index (κ2) is 8.36. The first-order chi connectivity index (χ1) is 12.9. The van der Waals surface area contributed by atoms with Crippen molar-refractivity contribution in [3.05, 3.63) is 53.3 Å². The summed E-state index contributed by atoms with van der Waals surface area (Å²) < 4.78 is 12.2. The third-order valence-electron chi connectivity index (χ3n) is 4.88. The Bertz CT molecular complexity index is 712. The Hall–Kier alpha value is -2.34. The average Bonchev–Trinajstić information content (AvgIpc) is 2.71. The molecule has 1 aromatic heterocycles. The number of aromatic nitrogens is 2. The number of rotatable bonds is 7. The maximum atomic E-state index is 6.28. The van der Waals surface area contributed by atoms with Gasteiger partial charge >= 0.3 is 0 Å². The van der Waals surface area contributed by atoms with Gasteiger partial charge in [0.15, 0.2) is 11.5 Å². The number of fused-ring (bicyclic) bond motifs is 2. The van der Waals surface area contributed by atoms with E-state index in [1.165, 1.54) is 11.1 Å². The maximum Gasteiger partial charge on any atom is 0.222 e. The number of hydrogen-bond acceptors (Lipinski definition) is 6. The molecule has 1 fully saturated rings. The fourth-order valence-electron chi connectivity index (χ4n) is 3.54. The molecule has 138 valence electrons. The summed E-state index contributed by atoms with van der Waals surface area (Å²) in [6.45, 7) is 3.42. The van der Waals surface area contributed by atoms with Gasteiger partial charge in [0.05, 0.1) is 6.61 Å². The Labute approximate surface area is 154 Å². The van der Waals surface area contributed by atoms with Crippen LogP contribution >= 0.6 is 0 Å². The third-order valence-corrected chi connectivity index (χ3v) is 4.88. The minimum atomic E-state index is 0.213. The van der Waals surface area contributed by atoms with Gasteiger partial charge in [0.1, 0.15) is 6.10 Å². The van der Waals surface area contributed by atoms with E-state index in [4.69, 9.17) is 9.47 Å². The topological polar surface area (TPSA) is 68.3 Å². The molecule has 0 spiro atoms. The van der Waals surface area contributed by atoms with Gasteiger partial charge in [-0.2, -0.15) is 0 Å². The van der Waals surface area contributed by atoms with Crippen LogP contribution in [-0.2, 0) is 9.47 Å². The summed E-state index contributed by atoms with van der Waals surface area (Å²) in [6, 6.07) is 1.82. The van der Waals surface area contributed by atoms with E-state index in [0.29, 0.717) is 5.95 Å². The Morgan fingerprint density at radius 1 is 1.08 bits per heavy atom. The zero-order valence-corrected chi connectivity index (χ0v) is 15.0. The predicted octanol–water partition coefficient (Wildman–Crippen LogP) is 2.94. The largest absolute Gasteiger partial charge is 0.489 e. The Balaban J connectivity index is 1.20. The predicted molar refractivity (Wildman–Crippen MR) is 100 cm³/mol. The second-order valence-corrected chi connectivity index (χ2v) is 6.79. The standard InChI is InChI=1S/C20H26N4O2/c1-4-15-5-6-16-7-8-17(26-19(16)18(15)25-13-1)14-21-9-2-10-22-20-23-11-3-12-24-20/h3-4,6,11-12,17,21H,1-2,5,7-10,13-14H2,(H,22,23,24). The minimum absolute atomic E-state index is 0.213. The summed E-state index contributed by atoms with van der Waals surface area (Å²) in [5.41, 5.74) is 2.61. The van der Waals surface area contributed by atoms with Crippen molar-refractivity contribution in [1.29, 1.82) is 0 Å². The average molecular weight is 354 g/mol. The van der Waals surface area contributed by atoms with Gasteiger partial charge in [0, 0.05) is 31.9 Å². The highest BCUT2D eigenvalue weighted by atomic mass is 16.5. The third kappa shape index (κ3) is 4.07. The van der Waals surface area contributed by atoms with Crippen molar-refractivity contribution in [3.63, 3.8) is 0 Å². The van der Waals surface area contributed by atoms with Gasteiger partial charge in [-0.05, 0) is 49.4 Å². The van der Waals surface area contributed by atoms with Crippen molar-refractivity contribution in [2.45, 2.75) is 38.2 Å². The minimum Gasteiger partial charge on any atom is -0.489 e. The molecular weight excluding hydrogens is 328 g/mol. The van der Waals surface area contributed by atoms with E-state index in [-0.39, 0.29) is 6.10 Å². The lowest BCUT2D eigenvalue weighted by Gasteiger charge is -2.33. The number of nitrogens with one attached hydrogen (secondary N) is 2. The van der Waals surface area contributed by atoms with Crippen molar-refractivity contribution in [1.82, 2.24) is 15.3 Å².